The maximum atomic E-state index is 11.7. The van der Waals surface area contributed by atoms with Gasteiger partial charge in [-0.15, -0.1) is 11.3 Å². The molecular weight excluding hydrogens is 294 g/mol. The zero-order chi connectivity index (χ0) is 12.3. The molecule has 0 fully saturated rings. The Morgan fingerprint density at radius 3 is 2.50 bits per heavy atom. The molecule has 0 aliphatic carbocycles. The van der Waals surface area contributed by atoms with Gasteiger partial charge in [0.15, 0.2) is 0 Å². The highest BCUT2D eigenvalue weighted by Crippen LogP contribution is 2.28. The first-order valence-corrected chi connectivity index (χ1v) is 6.31. The van der Waals surface area contributed by atoms with Gasteiger partial charge in [0.25, 0.3) is 0 Å². The summed E-state index contributed by atoms with van der Waals surface area (Å²) in [5, 5.41) is 11.1. The monoisotopic (exact) mass is 305 g/mol. The highest BCUT2D eigenvalue weighted by molar-refractivity contribution is 9.11. The van der Waals surface area contributed by atoms with Crippen molar-refractivity contribution in [2.24, 2.45) is 0 Å². The second kappa shape index (κ2) is 5.45. The van der Waals surface area contributed by atoms with E-state index in [1.165, 1.54) is 18.3 Å². The summed E-state index contributed by atoms with van der Waals surface area (Å²) >= 11 is 4.78. The number of halogens is 1. The van der Waals surface area contributed by atoms with Crippen LogP contribution >= 0.6 is 27.3 Å². The van der Waals surface area contributed by atoms with E-state index in [0.29, 0.717) is 0 Å². The van der Waals surface area contributed by atoms with Crippen LogP contribution in [0.1, 0.15) is 24.6 Å². The minimum atomic E-state index is -1.03. The first-order valence-electron chi connectivity index (χ1n) is 4.70. The number of carboxylic acids is 1. The van der Waals surface area contributed by atoms with Crippen molar-refractivity contribution in [3.63, 3.8) is 0 Å². The topological polar surface area (TPSA) is 66.4 Å². The third-order valence-electron chi connectivity index (χ3n) is 2.14. The molecule has 1 heterocycles. The van der Waals surface area contributed by atoms with Crippen LogP contribution in [-0.2, 0) is 9.59 Å². The van der Waals surface area contributed by atoms with Crippen LogP contribution in [0.3, 0.4) is 0 Å². The zero-order valence-corrected chi connectivity index (χ0v) is 11.3. The Morgan fingerprint density at radius 2 is 2.06 bits per heavy atom. The lowest BCUT2D eigenvalue weighted by Crippen LogP contribution is -2.40. The van der Waals surface area contributed by atoms with Crippen molar-refractivity contribution in [2.45, 2.75) is 25.8 Å². The van der Waals surface area contributed by atoms with E-state index in [9.17, 15) is 9.59 Å². The Labute approximate surface area is 106 Å². The van der Waals surface area contributed by atoms with Crippen molar-refractivity contribution >= 4 is 39.1 Å². The predicted octanol–water partition coefficient (Wildman–Crippen LogP) is 2.20. The molecule has 0 bridgehead atoms. The number of hydrogen-bond acceptors (Lipinski definition) is 3. The molecule has 1 rings (SSSR count). The van der Waals surface area contributed by atoms with Crippen LogP contribution in [0, 0.1) is 0 Å². The summed E-state index contributed by atoms with van der Waals surface area (Å²) in [6.45, 7) is 3.19. The Hall–Kier alpha value is -0.880. The van der Waals surface area contributed by atoms with Crippen LogP contribution in [0.15, 0.2) is 15.9 Å². The normalized spacial score (nSPS) is 14.2. The molecule has 0 saturated carbocycles. The van der Waals surface area contributed by atoms with Crippen molar-refractivity contribution in [3.05, 3.63) is 20.8 Å². The number of aliphatic carboxylic acids is 1. The summed E-state index contributed by atoms with van der Waals surface area (Å²) < 4.78 is 0.952. The van der Waals surface area contributed by atoms with Crippen LogP contribution in [0.25, 0.3) is 0 Å². The molecule has 0 spiro atoms. The third-order valence-corrected chi connectivity index (χ3v) is 3.95. The maximum absolute atomic E-state index is 11.7. The fourth-order valence-corrected chi connectivity index (χ4v) is 2.56. The van der Waals surface area contributed by atoms with Crippen LogP contribution < -0.4 is 5.32 Å². The molecule has 0 aliphatic rings. The average Bonchev–Trinajstić information content (AvgIpc) is 2.63. The van der Waals surface area contributed by atoms with Crippen LogP contribution in [0.2, 0.25) is 0 Å². The summed E-state index contributed by atoms with van der Waals surface area (Å²) in [5.41, 5.74) is 0. The van der Waals surface area contributed by atoms with Gasteiger partial charge < -0.3 is 10.4 Å². The molecule has 4 nitrogen and oxygen atoms in total. The molecule has 0 saturated heterocycles. The summed E-state index contributed by atoms with van der Waals surface area (Å²) in [6, 6.07) is 2.85. The van der Waals surface area contributed by atoms with Crippen LogP contribution in [0.4, 0.5) is 0 Å². The molecule has 2 N–H and O–H groups in total. The van der Waals surface area contributed by atoms with Gasteiger partial charge in [0.2, 0.25) is 5.91 Å². The lowest BCUT2D eigenvalue weighted by atomic mass is 10.1. The molecule has 1 aromatic heterocycles. The minimum absolute atomic E-state index is 0.274. The van der Waals surface area contributed by atoms with Crippen LogP contribution in [0.5, 0.6) is 0 Å². The van der Waals surface area contributed by atoms with Gasteiger partial charge in [0, 0.05) is 4.88 Å². The number of hydrogen-bond donors (Lipinski definition) is 2. The second-order valence-electron chi connectivity index (χ2n) is 3.43. The Kier molecular flexibility index (Phi) is 4.49. The van der Waals surface area contributed by atoms with Gasteiger partial charge in [-0.2, -0.15) is 0 Å². The van der Waals surface area contributed by atoms with Gasteiger partial charge in [-0.3, -0.25) is 9.59 Å². The molecule has 1 aromatic rings. The van der Waals surface area contributed by atoms with Crippen LogP contribution in [-0.4, -0.2) is 23.0 Å². The van der Waals surface area contributed by atoms with Crippen molar-refractivity contribution in [2.75, 3.05) is 0 Å². The molecule has 88 valence electrons. The number of carbonyl (C=O) groups excluding carboxylic acids is 1. The summed E-state index contributed by atoms with van der Waals surface area (Å²) in [5.74, 6) is -1.64. The van der Waals surface area contributed by atoms with E-state index in [4.69, 9.17) is 5.11 Å². The standard InChI is InChI=1S/C10H12BrNO3S/c1-5(7-3-4-8(11)16-7)9(13)12-6(2)10(14)15/h3-6H,1-2H3,(H,12,13)(H,14,15). The number of thiophene rings is 1. The molecular formula is C10H12BrNO3S. The number of carbonyl (C=O) groups is 2. The van der Waals surface area contributed by atoms with E-state index in [1.54, 1.807) is 6.92 Å². The Morgan fingerprint density at radius 1 is 1.44 bits per heavy atom. The number of nitrogens with one attached hydrogen (secondary N) is 1. The molecule has 2 atom stereocenters. The van der Waals surface area contributed by atoms with E-state index < -0.39 is 12.0 Å². The Bertz CT molecular complexity index is 405. The number of rotatable bonds is 4. The van der Waals surface area contributed by atoms with Crippen molar-refractivity contribution in [1.82, 2.24) is 5.32 Å². The van der Waals surface area contributed by atoms with Gasteiger partial charge in [-0.1, -0.05) is 0 Å². The van der Waals surface area contributed by atoms with E-state index in [0.717, 1.165) is 8.66 Å². The van der Waals surface area contributed by atoms with E-state index in [2.05, 4.69) is 21.2 Å². The van der Waals surface area contributed by atoms with Crippen molar-refractivity contribution < 1.29 is 14.7 Å². The maximum Gasteiger partial charge on any atom is 0.325 e. The molecule has 0 aliphatic heterocycles. The molecule has 0 aromatic carbocycles. The zero-order valence-electron chi connectivity index (χ0n) is 8.86. The predicted molar refractivity (Wildman–Crippen MR) is 65.7 cm³/mol. The molecule has 0 radical (unpaired) electrons. The number of amides is 1. The minimum Gasteiger partial charge on any atom is -0.480 e. The van der Waals surface area contributed by atoms with Gasteiger partial charge in [-0.05, 0) is 41.9 Å². The number of carboxylic acid groups (broad SMARTS) is 1. The lowest BCUT2D eigenvalue weighted by molar-refractivity contribution is -0.141. The first kappa shape index (κ1) is 13.2. The summed E-state index contributed by atoms with van der Waals surface area (Å²) in [4.78, 5) is 23.2. The summed E-state index contributed by atoms with van der Waals surface area (Å²) in [6.07, 6.45) is 0. The Balaban J connectivity index is 2.64. The van der Waals surface area contributed by atoms with Gasteiger partial charge in [0.05, 0.1) is 9.70 Å². The molecule has 2 unspecified atom stereocenters. The highest BCUT2D eigenvalue weighted by atomic mass is 79.9. The third kappa shape index (κ3) is 3.31. The van der Waals surface area contributed by atoms with Gasteiger partial charge in [-0.25, -0.2) is 0 Å². The van der Waals surface area contributed by atoms with E-state index in [1.807, 2.05) is 12.1 Å². The van der Waals surface area contributed by atoms with Crippen molar-refractivity contribution in [1.29, 1.82) is 0 Å². The van der Waals surface area contributed by atoms with Crippen molar-refractivity contribution in [3.8, 4) is 0 Å². The van der Waals surface area contributed by atoms with E-state index in [-0.39, 0.29) is 11.8 Å². The highest BCUT2D eigenvalue weighted by Gasteiger charge is 2.21. The van der Waals surface area contributed by atoms with E-state index >= 15 is 0 Å². The molecule has 6 heteroatoms. The molecule has 1 amide bonds. The fourth-order valence-electron chi connectivity index (χ4n) is 1.09. The smallest absolute Gasteiger partial charge is 0.325 e. The second-order valence-corrected chi connectivity index (χ2v) is 5.93. The molecule has 16 heavy (non-hydrogen) atoms. The quantitative estimate of drug-likeness (QED) is 0.896. The van der Waals surface area contributed by atoms with Gasteiger partial charge in [0.1, 0.15) is 6.04 Å². The average molecular weight is 306 g/mol. The summed E-state index contributed by atoms with van der Waals surface area (Å²) in [7, 11) is 0. The largest absolute Gasteiger partial charge is 0.480 e. The fraction of sp³-hybridized carbons (Fsp3) is 0.400. The SMILES string of the molecule is CC(NC(=O)C(C)c1ccc(Br)s1)C(=O)O. The first-order chi connectivity index (χ1) is 7.41. The van der Waals surface area contributed by atoms with Gasteiger partial charge >= 0.3 is 5.97 Å². The lowest BCUT2D eigenvalue weighted by Gasteiger charge is -2.13.